The van der Waals surface area contributed by atoms with Crippen molar-refractivity contribution in [2.75, 3.05) is 0 Å². The van der Waals surface area contributed by atoms with Crippen LogP contribution in [0.15, 0.2) is 58.0 Å². The summed E-state index contributed by atoms with van der Waals surface area (Å²) in [5, 5.41) is 9.86. The van der Waals surface area contributed by atoms with E-state index in [1.165, 1.54) is 4.57 Å². The van der Waals surface area contributed by atoms with Crippen molar-refractivity contribution in [1.82, 2.24) is 4.57 Å². The molecular weight excluding hydrogens is 284 g/mol. The van der Waals surface area contributed by atoms with E-state index in [1.54, 1.807) is 30.5 Å². The number of aromatic hydroxyl groups is 1. The summed E-state index contributed by atoms with van der Waals surface area (Å²) in [7, 11) is 0. The van der Waals surface area contributed by atoms with Gasteiger partial charge in [-0.1, -0.05) is 30.4 Å². The van der Waals surface area contributed by atoms with Crippen molar-refractivity contribution in [2.45, 2.75) is 13.5 Å². The maximum atomic E-state index is 9.86. The molecule has 0 aliphatic carbocycles. The minimum Gasteiger partial charge on any atom is -0.492 e. The summed E-state index contributed by atoms with van der Waals surface area (Å²) < 4.78 is 6.81. The molecule has 0 saturated carbocycles. The van der Waals surface area contributed by atoms with Crippen LogP contribution in [0.1, 0.15) is 12.7 Å². The van der Waals surface area contributed by atoms with Crippen LogP contribution in [0.25, 0.3) is 6.08 Å². The molecule has 5 heteroatoms. The lowest BCUT2D eigenvalue weighted by Gasteiger charge is -1.94. The topological polar surface area (TPSA) is 50.7 Å². The zero-order chi connectivity index (χ0) is 15.1. The van der Waals surface area contributed by atoms with Crippen LogP contribution in [-0.4, -0.2) is 15.9 Å². The fourth-order valence-corrected chi connectivity index (χ4v) is 2.01. The van der Waals surface area contributed by atoms with Crippen molar-refractivity contribution in [2.24, 2.45) is 4.99 Å². The lowest BCUT2D eigenvalue weighted by molar-refractivity contribution is 0.419. The van der Waals surface area contributed by atoms with E-state index >= 15 is 0 Å². The van der Waals surface area contributed by atoms with Crippen LogP contribution in [0.3, 0.4) is 0 Å². The van der Waals surface area contributed by atoms with Gasteiger partial charge >= 0.3 is 0 Å². The number of nitrogens with zero attached hydrogens (tertiary/aromatic N) is 2. The van der Waals surface area contributed by atoms with Crippen molar-refractivity contribution < 1.29 is 9.52 Å². The quantitative estimate of drug-likeness (QED) is 0.502. The number of oxazole rings is 1. The summed E-state index contributed by atoms with van der Waals surface area (Å²) in [5.74, 6) is 0.400. The smallest absolute Gasteiger partial charge is 0.272 e. The molecule has 1 aromatic carbocycles. The largest absolute Gasteiger partial charge is 0.492 e. The SMILES string of the molecule is CCn1c(O)c(/C=C/C=C/C=Nc2ccccc2)oc1=S. The molecule has 0 unspecified atom stereocenters. The maximum Gasteiger partial charge on any atom is 0.272 e. The molecule has 1 aromatic heterocycles. The predicted octanol–water partition coefficient (Wildman–Crippen LogP) is 4.51. The van der Waals surface area contributed by atoms with Gasteiger partial charge in [-0.05, 0) is 43.4 Å². The monoisotopic (exact) mass is 300 g/mol. The van der Waals surface area contributed by atoms with E-state index in [0.29, 0.717) is 12.3 Å². The molecule has 1 N–H and O–H groups in total. The van der Waals surface area contributed by atoms with Gasteiger partial charge in [0.15, 0.2) is 5.76 Å². The summed E-state index contributed by atoms with van der Waals surface area (Å²) in [4.78, 5) is 4.53. The molecule has 21 heavy (non-hydrogen) atoms. The van der Waals surface area contributed by atoms with Crippen LogP contribution in [0.5, 0.6) is 5.88 Å². The Morgan fingerprint density at radius 2 is 2.00 bits per heavy atom. The molecule has 0 atom stereocenters. The molecule has 0 radical (unpaired) electrons. The Labute approximate surface area is 128 Å². The summed E-state index contributed by atoms with van der Waals surface area (Å²) in [6.45, 7) is 2.46. The highest BCUT2D eigenvalue weighted by Crippen LogP contribution is 2.21. The maximum absolute atomic E-state index is 9.86. The molecule has 0 fully saturated rings. The summed E-state index contributed by atoms with van der Waals surface area (Å²) >= 11 is 5.00. The Kier molecular flexibility index (Phi) is 5.29. The summed E-state index contributed by atoms with van der Waals surface area (Å²) in [5.41, 5.74) is 0.898. The standard InChI is InChI=1S/C16H16N2O2S/c1-2-18-15(19)14(20-16(18)21)11-7-4-8-12-17-13-9-5-3-6-10-13/h3-12,19H,2H2,1H3/b8-4+,11-7+,17-12?. The molecule has 4 nitrogen and oxygen atoms in total. The lowest BCUT2D eigenvalue weighted by Crippen LogP contribution is -1.91. The van der Waals surface area contributed by atoms with E-state index in [2.05, 4.69) is 4.99 Å². The fourth-order valence-electron chi connectivity index (χ4n) is 1.70. The highest BCUT2D eigenvalue weighted by molar-refractivity contribution is 7.71. The number of hydrogen-bond acceptors (Lipinski definition) is 4. The molecule has 0 aliphatic heterocycles. The molecule has 108 valence electrons. The van der Waals surface area contributed by atoms with Crippen LogP contribution in [0.4, 0.5) is 5.69 Å². The number of aliphatic imine (C=N–C) groups is 1. The zero-order valence-corrected chi connectivity index (χ0v) is 12.5. The Morgan fingerprint density at radius 1 is 1.24 bits per heavy atom. The van der Waals surface area contributed by atoms with Crippen LogP contribution in [-0.2, 0) is 6.54 Å². The van der Waals surface area contributed by atoms with Gasteiger partial charge in [0, 0.05) is 12.8 Å². The molecule has 0 saturated heterocycles. The summed E-state index contributed by atoms with van der Waals surface area (Å²) in [6.07, 6.45) is 8.71. The van der Waals surface area contributed by atoms with Crippen LogP contribution in [0, 0.1) is 4.84 Å². The van der Waals surface area contributed by atoms with Crippen molar-refractivity contribution in [3.05, 3.63) is 59.2 Å². The zero-order valence-electron chi connectivity index (χ0n) is 11.6. The third-order valence-corrected chi connectivity index (χ3v) is 3.05. The van der Waals surface area contributed by atoms with Crippen molar-refractivity contribution >= 4 is 30.2 Å². The van der Waals surface area contributed by atoms with Gasteiger partial charge in [-0.2, -0.15) is 0 Å². The van der Waals surface area contributed by atoms with Gasteiger partial charge < -0.3 is 9.52 Å². The molecule has 0 amide bonds. The summed E-state index contributed by atoms with van der Waals surface area (Å²) in [6, 6.07) is 9.67. The third kappa shape index (κ3) is 4.03. The average Bonchev–Trinajstić information content (AvgIpc) is 2.77. The number of rotatable bonds is 5. The van der Waals surface area contributed by atoms with Crippen LogP contribution in [0.2, 0.25) is 0 Å². The van der Waals surface area contributed by atoms with Gasteiger partial charge in [0.1, 0.15) is 0 Å². The number of benzene rings is 1. The van der Waals surface area contributed by atoms with E-state index in [9.17, 15) is 5.11 Å². The first-order chi connectivity index (χ1) is 10.2. The average molecular weight is 300 g/mol. The minimum atomic E-state index is 0.0464. The second-order valence-corrected chi connectivity index (χ2v) is 4.51. The highest BCUT2D eigenvalue weighted by Gasteiger charge is 2.08. The van der Waals surface area contributed by atoms with E-state index in [1.807, 2.05) is 37.3 Å². The lowest BCUT2D eigenvalue weighted by atomic mass is 10.3. The van der Waals surface area contributed by atoms with Gasteiger partial charge in [-0.15, -0.1) is 0 Å². The highest BCUT2D eigenvalue weighted by atomic mass is 32.1. The van der Waals surface area contributed by atoms with Crippen molar-refractivity contribution in [1.29, 1.82) is 0 Å². The minimum absolute atomic E-state index is 0.0464. The van der Waals surface area contributed by atoms with Gasteiger partial charge in [-0.25, -0.2) is 0 Å². The first-order valence-electron chi connectivity index (χ1n) is 6.57. The molecule has 0 bridgehead atoms. The fraction of sp³-hybridized carbons (Fsp3) is 0.125. The molecule has 0 spiro atoms. The predicted molar refractivity (Wildman–Crippen MR) is 87.6 cm³/mol. The van der Waals surface area contributed by atoms with Crippen molar-refractivity contribution in [3.8, 4) is 5.88 Å². The number of allylic oxidation sites excluding steroid dienone is 3. The number of hydrogen-bond donors (Lipinski definition) is 1. The third-order valence-electron chi connectivity index (χ3n) is 2.75. The van der Waals surface area contributed by atoms with Crippen molar-refractivity contribution in [3.63, 3.8) is 0 Å². The Balaban J connectivity index is 1.98. The molecule has 0 aliphatic rings. The second kappa shape index (κ2) is 7.40. The molecular formula is C16H16N2O2S. The van der Waals surface area contributed by atoms with E-state index in [4.69, 9.17) is 16.6 Å². The Hall–Kier alpha value is -2.40. The van der Waals surface area contributed by atoms with Crippen LogP contribution >= 0.6 is 12.2 Å². The van der Waals surface area contributed by atoms with E-state index in [0.717, 1.165) is 5.69 Å². The van der Waals surface area contributed by atoms with Gasteiger partial charge in [0.05, 0.1) is 5.69 Å². The molecule has 1 heterocycles. The first-order valence-corrected chi connectivity index (χ1v) is 6.98. The second-order valence-electron chi connectivity index (χ2n) is 4.16. The van der Waals surface area contributed by atoms with E-state index in [-0.39, 0.29) is 10.7 Å². The Bertz CT molecular complexity index is 724. The molecule has 2 rings (SSSR count). The first kappa shape index (κ1) is 15.0. The Morgan fingerprint density at radius 3 is 2.67 bits per heavy atom. The van der Waals surface area contributed by atoms with Gasteiger partial charge in [-0.3, -0.25) is 9.56 Å². The number of para-hydroxylation sites is 1. The number of aromatic nitrogens is 1. The molecule has 2 aromatic rings. The van der Waals surface area contributed by atoms with E-state index < -0.39 is 0 Å². The normalized spacial score (nSPS) is 12.0. The van der Waals surface area contributed by atoms with Crippen LogP contribution < -0.4 is 0 Å². The van der Waals surface area contributed by atoms with Gasteiger partial charge in [0.2, 0.25) is 5.88 Å². The van der Waals surface area contributed by atoms with Gasteiger partial charge in [0.25, 0.3) is 4.84 Å².